The molecule has 316 valence electrons. The molecule has 60 heavy (non-hydrogen) atoms. The fraction of sp³-hybridized carbons (Fsp3) is 0.422. The van der Waals surface area contributed by atoms with Crippen LogP contribution >= 0.6 is 11.6 Å². The number of likely N-dealkylation sites (tertiary alicyclic amines) is 2. The van der Waals surface area contributed by atoms with Gasteiger partial charge in [-0.15, -0.1) is 0 Å². The molecule has 0 bridgehead atoms. The van der Waals surface area contributed by atoms with Gasteiger partial charge in [0.15, 0.2) is 5.15 Å². The molecule has 2 aliphatic heterocycles. The molecule has 14 nitrogen and oxygen atoms in total. The third-order valence-electron chi connectivity index (χ3n) is 11.7. The lowest BCUT2D eigenvalue weighted by Crippen LogP contribution is -2.51. The number of carboxylic acid groups (broad SMARTS) is 1. The van der Waals surface area contributed by atoms with Crippen molar-refractivity contribution in [1.82, 2.24) is 40.4 Å². The lowest BCUT2D eigenvalue weighted by molar-refractivity contribution is -0.136. The van der Waals surface area contributed by atoms with Crippen molar-refractivity contribution in [1.29, 1.82) is 0 Å². The van der Waals surface area contributed by atoms with Crippen molar-refractivity contribution < 1.29 is 29.0 Å². The van der Waals surface area contributed by atoms with Crippen LogP contribution in [0.25, 0.3) is 44.4 Å². The number of carbonyl (C=O) groups excluding carboxylic acids is 3. The van der Waals surface area contributed by atoms with Crippen LogP contribution in [0.1, 0.15) is 78.1 Å². The third kappa shape index (κ3) is 8.70. The second-order valence-electron chi connectivity index (χ2n) is 17.0. The average Bonchev–Trinajstić information content (AvgIpc) is 4.04. The number of halogens is 1. The smallest absolute Gasteiger partial charge is 0.407 e. The normalized spacial score (nSPS) is 20.2. The number of carbonyl (C=O) groups is 4. The van der Waals surface area contributed by atoms with E-state index in [1.54, 1.807) is 9.80 Å². The van der Waals surface area contributed by atoms with E-state index in [0.717, 1.165) is 45.1 Å². The number of ether oxygens (including phenoxy) is 1. The highest BCUT2D eigenvalue weighted by molar-refractivity contribution is 6.32. The number of benzene rings is 3. The molecule has 0 spiro atoms. The Balaban J connectivity index is 1.06. The minimum Gasteiger partial charge on any atom is -0.465 e. The molecular formula is C45H53ClN8O6. The quantitative estimate of drug-likeness (QED) is 0.0878. The Bertz CT molecular complexity index is 2390. The molecule has 6 atom stereocenters. The van der Waals surface area contributed by atoms with E-state index in [1.807, 2.05) is 64.2 Å². The number of fused-ring (bicyclic) bond motifs is 1. The zero-order valence-electron chi connectivity index (χ0n) is 35.0. The molecule has 4 heterocycles. The summed E-state index contributed by atoms with van der Waals surface area (Å²) in [5, 5.41) is 16.9. The van der Waals surface area contributed by atoms with Gasteiger partial charge in [0.25, 0.3) is 0 Å². The summed E-state index contributed by atoms with van der Waals surface area (Å²) in [6.45, 7) is 12.7. The minimum absolute atomic E-state index is 0.145. The molecule has 15 heteroatoms. The molecule has 2 unspecified atom stereocenters. The highest BCUT2D eigenvalue weighted by Gasteiger charge is 2.42. The molecule has 0 radical (unpaired) electrons. The van der Waals surface area contributed by atoms with E-state index in [1.165, 1.54) is 7.11 Å². The van der Waals surface area contributed by atoms with E-state index in [0.29, 0.717) is 42.0 Å². The first kappa shape index (κ1) is 42.2. The summed E-state index contributed by atoms with van der Waals surface area (Å²) in [7, 11) is 1.28. The largest absolute Gasteiger partial charge is 0.465 e. The molecular weight excluding hydrogens is 784 g/mol. The molecule has 5 N–H and O–H groups in total. The van der Waals surface area contributed by atoms with Crippen LogP contribution in [0.15, 0.2) is 66.9 Å². The maximum absolute atomic E-state index is 13.8. The molecule has 4 amide bonds. The second-order valence-corrected chi connectivity index (χ2v) is 17.4. The fourth-order valence-corrected chi connectivity index (χ4v) is 8.84. The SMILES string of the molecule is COC(=O)N[C@H](C(=O)N1CC(C)CC1c1nc(Cl)c(-c2ccc(-c3ccc4cc(-c5c[nH]c([C@@H]6C[C@H](C)CN6C(=O)[C@@H](NC(=O)O)C(C)C)n5)ccc4c3)cc2)[nH]1)C(C)C. The highest BCUT2D eigenvalue weighted by atomic mass is 35.5. The predicted molar refractivity (Wildman–Crippen MR) is 230 cm³/mol. The van der Waals surface area contributed by atoms with Crippen molar-refractivity contribution in [3.63, 3.8) is 0 Å². The van der Waals surface area contributed by atoms with Gasteiger partial charge in [-0.25, -0.2) is 19.6 Å². The van der Waals surface area contributed by atoms with E-state index in [4.69, 9.17) is 21.3 Å². The van der Waals surface area contributed by atoms with Gasteiger partial charge in [0.2, 0.25) is 11.8 Å². The number of methoxy groups -OCH3 is 1. The number of nitrogens with zero attached hydrogens (tertiary/aromatic N) is 4. The van der Waals surface area contributed by atoms with Crippen LogP contribution < -0.4 is 10.6 Å². The van der Waals surface area contributed by atoms with Crippen LogP contribution in [0.4, 0.5) is 9.59 Å². The van der Waals surface area contributed by atoms with E-state index >= 15 is 0 Å². The Kier molecular flexibility index (Phi) is 12.2. The zero-order chi connectivity index (χ0) is 43.0. The fourth-order valence-electron chi connectivity index (χ4n) is 8.59. The summed E-state index contributed by atoms with van der Waals surface area (Å²) < 4.78 is 4.78. The molecule has 2 fully saturated rings. The number of aromatic amines is 2. The molecule has 2 aliphatic rings. The zero-order valence-corrected chi connectivity index (χ0v) is 35.7. The summed E-state index contributed by atoms with van der Waals surface area (Å²) in [6.07, 6.45) is 1.43. The standard InChI is InChI=1S/C45H53ClN8O6/c1-23(2)36(50-44(57)58)42(55)53-21-25(5)16-34(53)40-47-20-33(48-40)32-15-14-30-18-29(12-13-31(30)19-32)27-8-10-28(11-9-27)38-39(46)52-41(49-38)35-17-26(6)22-54(35)43(56)37(24(3)4)51-45(59)60-7/h8-15,18-20,23-26,34-37,50H,16-17,21-22H2,1-7H3,(H,47,48)(H,49,52)(H,51,59)(H,57,58)/t25-,26?,34-,35?,36-,37-/m0/s1. The van der Waals surface area contributed by atoms with Crippen molar-refractivity contribution in [2.45, 2.75) is 78.6 Å². The summed E-state index contributed by atoms with van der Waals surface area (Å²) in [4.78, 5) is 70.7. The summed E-state index contributed by atoms with van der Waals surface area (Å²) in [5.74, 6) is 0.989. The number of H-pyrrole nitrogens is 2. The number of aromatic nitrogens is 4. The monoisotopic (exact) mass is 836 g/mol. The van der Waals surface area contributed by atoms with Crippen molar-refractivity contribution in [3.8, 4) is 33.6 Å². The molecule has 0 saturated carbocycles. The summed E-state index contributed by atoms with van der Waals surface area (Å²) >= 11 is 6.74. The molecule has 5 aromatic rings. The average molecular weight is 837 g/mol. The predicted octanol–water partition coefficient (Wildman–Crippen LogP) is 8.43. The molecule has 2 saturated heterocycles. The molecule has 0 aliphatic carbocycles. The van der Waals surface area contributed by atoms with Crippen molar-refractivity contribution in [2.75, 3.05) is 20.2 Å². The highest BCUT2D eigenvalue weighted by Crippen LogP contribution is 2.39. The minimum atomic E-state index is -1.22. The van der Waals surface area contributed by atoms with E-state index < -0.39 is 24.3 Å². The number of hydrogen-bond acceptors (Lipinski definition) is 7. The van der Waals surface area contributed by atoms with Gasteiger partial charge in [-0.2, -0.15) is 0 Å². The van der Waals surface area contributed by atoms with Crippen LogP contribution in [0.5, 0.6) is 0 Å². The molecule has 3 aromatic carbocycles. The molecule has 2 aromatic heterocycles. The topological polar surface area (TPSA) is 186 Å². The lowest BCUT2D eigenvalue weighted by Gasteiger charge is -2.30. The van der Waals surface area contributed by atoms with Gasteiger partial charge in [-0.05, 0) is 70.5 Å². The Morgan fingerprint density at radius 3 is 1.83 bits per heavy atom. The first-order valence-corrected chi connectivity index (χ1v) is 20.9. The van der Waals surface area contributed by atoms with Crippen LogP contribution in [0.2, 0.25) is 5.15 Å². The summed E-state index contributed by atoms with van der Waals surface area (Å²) in [6, 6.07) is 18.5. The molecule has 7 rings (SSSR count). The number of amides is 4. The third-order valence-corrected chi connectivity index (χ3v) is 12.0. The Hall–Kier alpha value is -5.89. The number of hydrogen-bond donors (Lipinski definition) is 5. The van der Waals surface area contributed by atoms with Crippen molar-refractivity contribution in [2.24, 2.45) is 23.7 Å². The van der Waals surface area contributed by atoms with Crippen LogP contribution in [-0.4, -0.2) is 91.1 Å². The Morgan fingerprint density at radius 2 is 1.27 bits per heavy atom. The van der Waals surface area contributed by atoms with Gasteiger partial charge in [0.05, 0.1) is 30.6 Å². The number of nitrogens with one attached hydrogen (secondary N) is 4. The van der Waals surface area contributed by atoms with Crippen LogP contribution in [-0.2, 0) is 14.3 Å². The van der Waals surface area contributed by atoms with Gasteiger partial charge >= 0.3 is 12.2 Å². The number of rotatable bonds is 11. The lowest BCUT2D eigenvalue weighted by atomic mass is 9.98. The Morgan fingerprint density at radius 1 is 0.750 bits per heavy atom. The van der Waals surface area contributed by atoms with Gasteiger partial charge in [-0.3, -0.25) is 9.59 Å². The van der Waals surface area contributed by atoms with E-state index in [2.05, 4.69) is 69.8 Å². The van der Waals surface area contributed by atoms with Gasteiger partial charge in [-0.1, -0.05) is 102 Å². The second kappa shape index (κ2) is 17.4. The van der Waals surface area contributed by atoms with Gasteiger partial charge < -0.3 is 40.2 Å². The maximum atomic E-state index is 13.8. The van der Waals surface area contributed by atoms with Gasteiger partial charge in [0, 0.05) is 30.4 Å². The van der Waals surface area contributed by atoms with E-state index in [-0.39, 0.29) is 47.6 Å². The van der Waals surface area contributed by atoms with Crippen molar-refractivity contribution >= 4 is 46.4 Å². The number of imidazole rings is 2. The maximum Gasteiger partial charge on any atom is 0.407 e. The van der Waals surface area contributed by atoms with E-state index in [9.17, 15) is 24.3 Å². The van der Waals surface area contributed by atoms with Crippen molar-refractivity contribution in [3.05, 3.63) is 83.7 Å². The van der Waals surface area contributed by atoms with Crippen LogP contribution in [0, 0.1) is 23.7 Å². The first-order chi connectivity index (χ1) is 28.6. The number of alkyl carbamates (subject to hydrolysis) is 1. The first-order valence-electron chi connectivity index (χ1n) is 20.5. The van der Waals surface area contributed by atoms with Gasteiger partial charge in [0.1, 0.15) is 23.7 Å². The van der Waals surface area contributed by atoms with Crippen LogP contribution in [0.3, 0.4) is 0 Å². The Labute approximate surface area is 354 Å². The summed E-state index contributed by atoms with van der Waals surface area (Å²) in [5.41, 5.74) is 5.31.